The molecule has 0 atom stereocenters. The fourth-order valence-corrected chi connectivity index (χ4v) is 1.17. The van der Waals surface area contributed by atoms with E-state index in [9.17, 15) is 4.79 Å². The van der Waals surface area contributed by atoms with Gasteiger partial charge in [0.1, 0.15) is 5.82 Å². The van der Waals surface area contributed by atoms with Gasteiger partial charge in [0.2, 0.25) is 0 Å². The van der Waals surface area contributed by atoms with Crippen LogP contribution in [0, 0.1) is 0 Å². The highest BCUT2D eigenvalue weighted by Crippen LogP contribution is 2.12. The molecule has 0 aliphatic carbocycles. The molecular weight excluding hydrogens is 182 g/mol. The SMILES string of the molecule is COCCCC(=O)c1cnn(C)c1N. The number of ether oxygens (including phenoxy) is 1. The normalized spacial score (nSPS) is 10.4. The molecule has 5 heteroatoms. The number of carbonyl (C=O) groups is 1. The number of aromatic nitrogens is 2. The lowest BCUT2D eigenvalue weighted by Gasteiger charge is -1.99. The van der Waals surface area contributed by atoms with Gasteiger partial charge >= 0.3 is 0 Å². The molecule has 78 valence electrons. The molecule has 0 saturated carbocycles. The number of ketones is 1. The van der Waals surface area contributed by atoms with Gasteiger partial charge in [0.15, 0.2) is 5.78 Å². The number of anilines is 1. The van der Waals surface area contributed by atoms with Crippen molar-refractivity contribution >= 4 is 11.6 Å². The molecule has 1 heterocycles. The van der Waals surface area contributed by atoms with Gasteiger partial charge in [0.25, 0.3) is 0 Å². The van der Waals surface area contributed by atoms with E-state index in [1.165, 1.54) is 10.9 Å². The number of nitrogens with zero attached hydrogens (tertiary/aromatic N) is 2. The van der Waals surface area contributed by atoms with E-state index in [2.05, 4.69) is 5.10 Å². The Morgan fingerprint density at radius 2 is 2.43 bits per heavy atom. The molecule has 0 bridgehead atoms. The van der Waals surface area contributed by atoms with E-state index in [4.69, 9.17) is 10.5 Å². The number of aryl methyl sites for hydroxylation is 1. The Bertz CT molecular complexity index is 320. The van der Waals surface area contributed by atoms with Crippen LogP contribution in [0.25, 0.3) is 0 Å². The average Bonchev–Trinajstić information content (AvgIpc) is 2.48. The maximum Gasteiger partial charge on any atom is 0.168 e. The van der Waals surface area contributed by atoms with Crippen LogP contribution in [0.1, 0.15) is 23.2 Å². The highest BCUT2D eigenvalue weighted by Gasteiger charge is 2.12. The molecule has 5 nitrogen and oxygen atoms in total. The Hall–Kier alpha value is -1.36. The zero-order valence-electron chi connectivity index (χ0n) is 8.49. The Morgan fingerprint density at radius 1 is 1.71 bits per heavy atom. The number of hydrogen-bond donors (Lipinski definition) is 1. The minimum Gasteiger partial charge on any atom is -0.385 e. The van der Waals surface area contributed by atoms with Gasteiger partial charge in [-0.25, -0.2) is 0 Å². The van der Waals surface area contributed by atoms with Crippen molar-refractivity contribution in [3.05, 3.63) is 11.8 Å². The molecule has 0 unspecified atom stereocenters. The summed E-state index contributed by atoms with van der Waals surface area (Å²) in [6.07, 6.45) is 2.66. The third-order valence-electron chi connectivity index (χ3n) is 2.04. The number of nitrogen functional groups attached to an aromatic ring is 1. The maximum absolute atomic E-state index is 11.6. The third kappa shape index (κ3) is 2.32. The van der Waals surface area contributed by atoms with Crippen LogP contribution >= 0.6 is 0 Å². The van der Waals surface area contributed by atoms with E-state index in [0.717, 1.165) is 0 Å². The lowest BCUT2D eigenvalue weighted by Crippen LogP contribution is -2.05. The first kappa shape index (κ1) is 10.7. The van der Waals surface area contributed by atoms with Gasteiger partial charge in [0.05, 0.1) is 11.8 Å². The molecule has 0 saturated heterocycles. The Kier molecular flexibility index (Phi) is 3.64. The van der Waals surface area contributed by atoms with Gasteiger partial charge < -0.3 is 10.5 Å². The van der Waals surface area contributed by atoms with Gasteiger partial charge in [-0.05, 0) is 6.42 Å². The Morgan fingerprint density at radius 3 is 2.93 bits per heavy atom. The molecule has 0 aromatic carbocycles. The van der Waals surface area contributed by atoms with Gasteiger partial charge in [0, 0.05) is 27.2 Å². The van der Waals surface area contributed by atoms with E-state index in [1.807, 2.05) is 0 Å². The van der Waals surface area contributed by atoms with Crippen molar-refractivity contribution in [2.24, 2.45) is 7.05 Å². The van der Waals surface area contributed by atoms with Crippen LogP contribution in [0.15, 0.2) is 6.20 Å². The van der Waals surface area contributed by atoms with Crippen LogP contribution in [0.2, 0.25) is 0 Å². The second-order valence-corrected chi connectivity index (χ2v) is 3.09. The summed E-state index contributed by atoms with van der Waals surface area (Å²) in [6.45, 7) is 0.589. The number of carbonyl (C=O) groups excluding carboxylic acids is 1. The Balaban J connectivity index is 2.56. The molecule has 0 aliphatic rings. The number of rotatable bonds is 5. The fourth-order valence-electron chi connectivity index (χ4n) is 1.17. The molecular formula is C9H15N3O2. The van der Waals surface area contributed by atoms with Gasteiger partial charge in [-0.2, -0.15) is 5.10 Å². The smallest absolute Gasteiger partial charge is 0.168 e. The molecule has 0 aliphatic heterocycles. The average molecular weight is 197 g/mol. The molecule has 0 amide bonds. The lowest BCUT2D eigenvalue weighted by molar-refractivity contribution is 0.0964. The summed E-state index contributed by atoms with van der Waals surface area (Å²) < 4.78 is 6.35. The summed E-state index contributed by atoms with van der Waals surface area (Å²) >= 11 is 0. The molecule has 1 aromatic rings. The van der Waals surface area contributed by atoms with E-state index >= 15 is 0 Å². The Labute approximate surface area is 82.8 Å². The quantitative estimate of drug-likeness (QED) is 0.554. The predicted molar refractivity (Wildman–Crippen MR) is 53.1 cm³/mol. The number of hydrogen-bond acceptors (Lipinski definition) is 4. The number of nitrogens with two attached hydrogens (primary N) is 1. The van der Waals surface area contributed by atoms with Crippen LogP contribution in [0.3, 0.4) is 0 Å². The van der Waals surface area contributed by atoms with E-state index in [-0.39, 0.29) is 5.78 Å². The van der Waals surface area contributed by atoms with Crippen molar-refractivity contribution in [1.82, 2.24) is 9.78 Å². The molecule has 14 heavy (non-hydrogen) atoms. The molecule has 0 radical (unpaired) electrons. The number of Topliss-reactive ketones (excluding diaryl/α,β-unsaturated/α-hetero) is 1. The molecule has 2 N–H and O–H groups in total. The van der Waals surface area contributed by atoms with Gasteiger partial charge in [-0.15, -0.1) is 0 Å². The summed E-state index contributed by atoms with van der Waals surface area (Å²) in [6, 6.07) is 0. The summed E-state index contributed by atoms with van der Waals surface area (Å²) in [5.74, 6) is 0.445. The molecule has 0 fully saturated rings. The fraction of sp³-hybridized carbons (Fsp3) is 0.556. The highest BCUT2D eigenvalue weighted by atomic mass is 16.5. The lowest BCUT2D eigenvalue weighted by atomic mass is 10.1. The van der Waals surface area contributed by atoms with Crippen LogP contribution in [-0.4, -0.2) is 29.3 Å². The second kappa shape index (κ2) is 4.76. The zero-order chi connectivity index (χ0) is 10.6. The minimum absolute atomic E-state index is 0.0210. The maximum atomic E-state index is 11.6. The summed E-state index contributed by atoms with van der Waals surface area (Å²) in [4.78, 5) is 11.6. The van der Waals surface area contributed by atoms with Gasteiger partial charge in [-0.3, -0.25) is 9.48 Å². The first-order valence-corrected chi connectivity index (χ1v) is 4.46. The molecule has 1 rings (SSSR count). The van der Waals surface area contributed by atoms with Crippen molar-refractivity contribution in [3.63, 3.8) is 0 Å². The second-order valence-electron chi connectivity index (χ2n) is 3.09. The van der Waals surface area contributed by atoms with E-state index < -0.39 is 0 Å². The third-order valence-corrected chi connectivity index (χ3v) is 2.04. The van der Waals surface area contributed by atoms with E-state index in [0.29, 0.717) is 30.8 Å². The summed E-state index contributed by atoms with van der Waals surface area (Å²) in [7, 11) is 3.32. The van der Waals surface area contributed by atoms with Crippen molar-refractivity contribution in [2.75, 3.05) is 19.5 Å². The van der Waals surface area contributed by atoms with E-state index in [1.54, 1.807) is 14.2 Å². The van der Waals surface area contributed by atoms with Crippen LogP contribution in [0.4, 0.5) is 5.82 Å². The zero-order valence-corrected chi connectivity index (χ0v) is 8.49. The topological polar surface area (TPSA) is 70.1 Å². The summed E-state index contributed by atoms with van der Waals surface area (Å²) in [5, 5.41) is 3.91. The van der Waals surface area contributed by atoms with Crippen molar-refractivity contribution < 1.29 is 9.53 Å². The van der Waals surface area contributed by atoms with Crippen molar-refractivity contribution in [1.29, 1.82) is 0 Å². The largest absolute Gasteiger partial charge is 0.385 e. The number of methoxy groups -OCH3 is 1. The predicted octanol–water partition coefficient (Wildman–Crippen LogP) is 0.612. The van der Waals surface area contributed by atoms with Crippen LogP contribution < -0.4 is 5.73 Å². The molecule has 0 spiro atoms. The monoisotopic (exact) mass is 197 g/mol. The van der Waals surface area contributed by atoms with Crippen LogP contribution in [-0.2, 0) is 11.8 Å². The van der Waals surface area contributed by atoms with Crippen molar-refractivity contribution in [2.45, 2.75) is 12.8 Å². The highest BCUT2D eigenvalue weighted by molar-refractivity contribution is 5.99. The molecule has 1 aromatic heterocycles. The standard InChI is InChI=1S/C9H15N3O2/c1-12-9(10)7(6-11-12)8(13)4-3-5-14-2/h6H,3-5,10H2,1-2H3. The first-order chi connectivity index (χ1) is 6.66. The van der Waals surface area contributed by atoms with Crippen molar-refractivity contribution in [3.8, 4) is 0 Å². The summed E-state index contributed by atoms with van der Waals surface area (Å²) in [5.41, 5.74) is 6.16. The first-order valence-electron chi connectivity index (χ1n) is 4.46. The minimum atomic E-state index is 0.0210. The van der Waals surface area contributed by atoms with Crippen LogP contribution in [0.5, 0.6) is 0 Å². The van der Waals surface area contributed by atoms with Gasteiger partial charge in [-0.1, -0.05) is 0 Å².